The van der Waals surface area contributed by atoms with E-state index in [1.165, 1.54) is 0 Å². The first-order valence-electron chi connectivity index (χ1n) is 5.07. The van der Waals surface area contributed by atoms with Crippen LogP contribution in [-0.4, -0.2) is 47.7 Å². The second-order valence-electron chi connectivity index (χ2n) is 3.65. The first-order valence-corrected chi connectivity index (χ1v) is 5.07. The molecule has 86 valence electrons. The number of nitrogens with zero attached hydrogens (tertiary/aromatic N) is 1. The molecule has 0 heterocycles. The standard InChI is InChI=1S/C9H17N3O3/c10-9(15)11-8(14)3-4-12(5-6-13)7-1-2-7/h7,13H,1-6H2,(H3,10,11,14,15). The minimum absolute atomic E-state index is 0.0912. The number of urea groups is 1. The van der Waals surface area contributed by atoms with Gasteiger partial charge < -0.3 is 10.8 Å². The third-order valence-electron chi connectivity index (χ3n) is 2.34. The van der Waals surface area contributed by atoms with Crippen molar-refractivity contribution in [3.63, 3.8) is 0 Å². The topological polar surface area (TPSA) is 95.7 Å². The lowest BCUT2D eigenvalue weighted by atomic mass is 10.3. The molecule has 0 spiro atoms. The zero-order valence-corrected chi connectivity index (χ0v) is 8.61. The van der Waals surface area contributed by atoms with Crippen LogP contribution in [0, 0.1) is 0 Å². The van der Waals surface area contributed by atoms with Crippen molar-refractivity contribution in [2.45, 2.75) is 25.3 Å². The molecular weight excluding hydrogens is 198 g/mol. The van der Waals surface area contributed by atoms with Gasteiger partial charge in [-0.1, -0.05) is 0 Å². The minimum Gasteiger partial charge on any atom is -0.395 e. The fraction of sp³-hybridized carbons (Fsp3) is 0.778. The van der Waals surface area contributed by atoms with Gasteiger partial charge in [0.15, 0.2) is 0 Å². The molecule has 4 N–H and O–H groups in total. The summed E-state index contributed by atoms with van der Waals surface area (Å²) < 4.78 is 0. The summed E-state index contributed by atoms with van der Waals surface area (Å²) in [6.45, 7) is 1.23. The van der Waals surface area contributed by atoms with Crippen LogP contribution in [0.25, 0.3) is 0 Å². The van der Waals surface area contributed by atoms with Gasteiger partial charge in [-0.2, -0.15) is 0 Å². The summed E-state index contributed by atoms with van der Waals surface area (Å²) in [7, 11) is 0. The second-order valence-corrected chi connectivity index (χ2v) is 3.65. The Labute approximate surface area is 88.4 Å². The predicted octanol–water partition coefficient (Wildman–Crippen LogP) is -0.972. The SMILES string of the molecule is NC(=O)NC(=O)CCN(CCO)C1CC1. The summed E-state index contributed by atoms with van der Waals surface area (Å²) in [6, 6.07) is -0.321. The Morgan fingerprint density at radius 2 is 2.07 bits per heavy atom. The fourth-order valence-corrected chi connectivity index (χ4v) is 1.49. The Balaban J connectivity index is 2.20. The highest BCUT2D eigenvalue weighted by molar-refractivity contribution is 5.93. The highest BCUT2D eigenvalue weighted by Crippen LogP contribution is 2.26. The number of primary amides is 1. The molecular formula is C9H17N3O3. The third-order valence-corrected chi connectivity index (χ3v) is 2.34. The number of imide groups is 1. The molecule has 0 aromatic carbocycles. The molecule has 3 amide bonds. The van der Waals surface area contributed by atoms with Crippen molar-refractivity contribution in [3.8, 4) is 0 Å². The maximum absolute atomic E-state index is 11.1. The van der Waals surface area contributed by atoms with Crippen LogP contribution >= 0.6 is 0 Å². The average molecular weight is 215 g/mol. The maximum Gasteiger partial charge on any atom is 0.318 e. The Morgan fingerprint density at radius 3 is 2.53 bits per heavy atom. The Kier molecular flexibility index (Phi) is 4.51. The van der Waals surface area contributed by atoms with E-state index < -0.39 is 6.03 Å². The molecule has 1 rings (SSSR count). The van der Waals surface area contributed by atoms with Crippen LogP contribution in [0.5, 0.6) is 0 Å². The van der Waals surface area contributed by atoms with Gasteiger partial charge in [-0.25, -0.2) is 4.79 Å². The number of hydrogen-bond acceptors (Lipinski definition) is 4. The van der Waals surface area contributed by atoms with Crippen LogP contribution in [-0.2, 0) is 4.79 Å². The largest absolute Gasteiger partial charge is 0.395 e. The molecule has 0 aromatic rings. The lowest BCUT2D eigenvalue weighted by Gasteiger charge is -2.19. The molecule has 15 heavy (non-hydrogen) atoms. The molecule has 0 unspecified atom stereocenters. The lowest BCUT2D eigenvalue weighted by molar-refractivity contribution is -0.120. The molecule has 1 aliphatic carbocycles. The van der Waals surface area contributed by atoms with Crippen molar-refractivity contribution >= 4 is 11.9 Å². The van der Waals surface area contributed by atoms with Crippen molar-refractivity contribution in [1.82, 2.24) is 10.2 Å². The van der Waals surface area contributed by atoms with Gasteiger partial charge >= 0.3 is 6.03 Å². The summed E-state index contributed by atoms with van der Waals surface area (Å²) in [5, 5.41) is 10.8. The normalized spacial score (nSPS) is 15.3. The molecule has 1 saturated carbocycles. The highest BCUT2D eigenvalue weighted by atomic mass is 16.3. The number of amides is 3. The number of rotatable bonds is 6. The highest BCUT2D eigenvalue weighted by Gasteiger charge is 2.28. The molecule has 0 atom stereocenters. The number of nitrogens with two attached hydrogens (primary N) is 1. The fourth-order valence-electron chi connectivity index (χ4n) is 1.49. The van der Waals surface area contributed by atoms with Gasteiger partial charge in [0.25, 0.3) is 0 Å². The number of aliphatic hydroxyl groups is 1. The Hall–Kier alpha value is -1.14. The zero-order valence-electron chi connectivity index (χ0n) is 8.61. The molecule has 0 bridgehead atoms. The van der Waals surface area contributed by atoms with Gasteiger partial charge in [0.1, 0.15) is 0 Å². The van der Waals surface area contributed by atoms with E-state index in [1.807, 2.05) is 5.32 Å². The van der Waals surface area contributed by atoms with Crippen molar-refractivity contribution in [2.24, 2.45) is 5.73 Å². The van der Waals surface area contributed by atoms with E-state index in [-0.39, 0.29) is 18.9 Å². The number of carbonyl (C=O) groups is 2. The smallest absolute Gasteiger partial charge is 0.318 e. The lowest BCUT2D eigenvalue weighted by Crippen LogP contribution is -2.38. The van der Waals surface area contributed by atoms with Crippen molar-refractivity contribution in [1.29, 1.82) is 0 Å². The van der Waals surface area contributed by atoms with Gasteiger partial charge in [0.2, 0.25) is 5.91 Å². The van der Waals surface area contributed by atoms with Gasteiger partial charge in [0, 0.05) is 25.6 Å². The number of nitrogens with one attached hydrogen (secondary N) is 1. The number of hydrogen-bond donors (Lipinski definition) is 3. The van der Waals surface area contributed by atoms with Gasteiger partial charge in [0.05, 0.1) is 6.61 Å². The average Bonchev–Trinajstić information content (AvgIpc) is 2.94. The van der Waals surface area contributed by atoms with Gasteiger partial charge in [-0.15, -0.1) is 0 Å². The molecule has 0 saturated heterocycles. The predicted molar refractivity (Wildman–Crippen MR) is 54.0 cm³/mol. The van der Waals surface area contributed by atoms with E-state index in [1.54, 1.807) is 0 Å². The first kappa shape index (κ1) is 11.9. The van der Waals surface area contributed by atoms with E-state index >= 15 is 0 Å². The summed E-state index contributed by atoms with van der Waals surface area (Å²) in [5.74, 6) is -0.369. The van der Waals surface area contributed by atoms with Crippen LogP contribution in [0.3, 0.4) is 0 Å². The molecule has 6 nitrogen and oxygen atoms in total. The van der Waals surface area contributed by atoms with Crippen molar-refractivity contribution in [2.75, 3.05) is 19.7 Å². The molecule has 1 fully saturated rings. The van der Waals surface area contributed by atoms with Crippen LogP contribution < -0.4 is 11.1 Å². The van der Waals surface area contributed by atoms with Crippen LogP contribution in [0.4, 0.5) is 4.79 Å². The Bertz CT molecular complexity index is 241. The Morgan fingerprint density at radius 1 is 1.40 bits per heavy atom. The van der Waals surface area contributed by atoms with E-state index in [0.29, 0.717) is 19.1 Å². The summed E-state index contributed by atoms with van der Waals surface area (Å²) in [5.41, 5.74) is 4.81. The molecule has 6 heteroatoms. The van der Waals surface area contributed by atoms with E-state index in [2.05, 4.69) is 4.90 Å². The third kappa shape index (κ3) is 4.75. The number of carbonyl (C=O) groups excluding carboxylic acids is 2. The van der Waals surface area contributed by atoms with E-state index in [4.69, 9.17) is 10.8 Å². The van der Waals surface area contributed by atoms with Crippen LogP contribution in [0.15, 0.2) is 0 Å². The van der Waals surface area contributed by atoms with Crippen LogP contribution in [0.1, 0.15) is 19.3 Å². The second kappa shape index (κ2) is 5.67. The quantitative estimate of drug-likeness (QED) is 0.531. The molecule has 0 aromatic heterocycles. The van der Waals surface area contributed by atoms with Crippen molar-refractivity contribution in [3.05, 3.63) is 0 Å². The molecule has 1 aliphatic rings. The molecule has 0 aliphatic heterocycles. The maximum atomic E-state index is 11.1. The van der Waals surface area contributed by atoms with Gasteiger partial charge in [-0.05, 0) is 12.8 Å². The van der Waals surface area contributed by atoms with Gasteiger partial charge in [-0.3, -0.25) is 15.0 Å². The number of aliphatic hydroxyl groups excluding tert-OH is 1. The van der Waals surface area contributed by atoms with Crippen LogP contribution in [0.2, 0.25) is 0 Å². The van der Waals surface area contributed by atoms with E-state index in [0.717, 1.165) is 12.8 Å². The summed E-state index contributed by atoms with van der Waals surface area (Å²) in [4.78, 5) is 23.5. The summed E-state index contributed by atoms with van der Waals surface area (Å²) in [6.07, 6.45) is 2.48. The summed E-state index contributed by atoms with van der Waals surface area (Å²) >= 11 is 0. The minimum atomic E-state index is -0.819. The van der Waals surface area contributed by atoms with E-state index in [9.17, 15) is 9.59 Å². The molecule has 0 radical (unpaired) electrons. The first-order chi connectivity index (χ1) is 7.13. The zero-order chi connectivity index (χ0) is 11.3. The van der Waals surface area contributed by atoms with Crippen molar-refractivity contribution < 1.29 is 14.7 Å². The monoisotopic (exact) mass is 215 g/mol.